The fourth-order valence-corrected chi connectivity index (χ4v) is 2.36. The molecule has 6 heteroatoms. The van der Waals surface area contributed by atoms with Gasteiger partial charge in [0, 0.05) is 0 Å². The molecule has 0 saturated heterocycles. The Bertz CT molecular complexity index is 895. The van der Waals surface area contributed by atoms with Crippen LogP contribution >= 0.6 is 0 Å². The van der Waals surface area contributed by atoms with Crippen LogP contribution in [0.25, 0.3) is 10.9 Å². The van der Waals surface area contributed by atoms with Crippen LogP contribution in [0.15, 0.2) is 48.5 Å². The van der Waals surface area contributed by atoms with Crippen LogP contribution in [0.1, 0.15) is 23.1 Å². The van der Waals surface area contributed by atoms with Gasteiger partial charge in [-0.05, 0) is 36.8 Å². The Labute approximate surface area is 145 Å². The first-order chi connectivity index (χ1) is 12.2. The van der Waals surface area contributed by atoms with E-state index in [0.717, 1.165) is 16.7 Å². The fourth-order valence-electron chi connectivity index (χ4n) is 2.36. The summed E-state index contributed by atoms with van der Waals surface area (Å²) in [5, 5.41) is 0.735. The number of esters is 1. The van der Waals surface area contributed by atoms with Gasteiger partial charge in [0.05, 0.1) is 24.6 Å². The number of hydrogen-bond acceptors (Lipinski definition) is 6. The number of hydrogen-bond donors (Lipinski definition) is 0. The molecule has 1 heterocycles. The molecule has 1 aromatic heterocycles. The summed E-state index contributed by atoms with van der Waals surface area (Å²) in [4.78, 5) is 20.5. The van der Waals surface area contributed by atoms with E-state index in [1.165, 1.54) is 0 Å². The van der Waals surface area contributed by atoms with E-state index in [0.29, 0.717) is 18.0 Å². The summed E-state index contributed by atoms with van der Waals surface area (Å²) in [5.74, 6) is 0.512. The van der Waals surface area contributed by atoms with Crippen molar-refractivity contribution in [3.8, 4) is 11.6 Å². The van der Waals surface area contributed by atoms with Gasteiger partial charge in [0.1, 0.15) is 12.4 Å². The lowest BCUT2D eigenvalue weighted by molar-refractivity contribution is 0.0511. The molecular weight excluding hydrogens is 320 g/mol. The van der Waals surface area contributed by atoms with Gasteiger partial charge in [0.2, 0.25) is 11.7 Å². The third-order valence-electron chi connectivity index (χ3n) is 3.54. The third-order valence-corrected chi connectivity index (χ3v) is 3.54. The van der Waals surface area contributed by atoms with Gasteiger partial charge >= 0.3 is 5.97 Å². The Morgan fingerprint density at radius 3 is 2.72 bits per heavy atom. The number of carbonyl (C=O) groups excluding carboxylic acids is 1. The zero-order valence-corrected chi connectivity index (χ0v) is 14.1. The molecule has 6 nitrogen and oxygen atoms in total. The molecule has 0 bridgehead atoms. The van der Waals surface area contributed by atoms with Crippen molar-refractivity contribution in [2.75, 3.05) is 13.7 Å². The summed E-state index contributed by atoms with van der Waals surface area (Å²) in [6.45, 7) is 2.29. The molecule has 0 radical (unpaired) electrons. The molecule has 25 heavy (non-hydrogen) atoms. The second-order valence-corrected chi connectivity index (χ2v) is 5.23. The van der Waals surface area contributed by atoms with Crippen molar-refractivity contribution in [3.05, 3.63) is 59.9 Å². The number of rotatable bonds is 6. The zero-order chi connectivity index (χ0) is 17.6. The summed E-state index contributed by atoms with van der Waals surface area (Å²) >= 11 is 0. The minimum absolute atomic E-state index is 0.0128. The van der Waals surface area contributed by atoms with Gasteiger partial charge in [-0.25, -0.2) is 9.78 Å². The van der Waals surface area contributed by atoms with Gasteiger partial charge < -0.3 is 14.2 Å². The lowest BCUT2D eigenvalue weighted by Crippen LogP contribution is -2.11. The van der Waals surface area contributed by atoms with E-state index >= 15 is 0 Å². The van der Waals surface area contributed by atoms with Crippen molar-refractivity contribution in [1.82, 2.24) is 9.97 Å². The number of carbonyl (C=O) groups is 1. The monoisotopic (exact) mass is 338 g/mol. The van der Waals surface area contributed by atoms with Crippen LogP contribution in [0.4, 0.5) is 0 Å². The highest BCUT2D eigenvalue weighted by molar-refractivity contribution is 5.90. The third kappa shape index (κ3) is 3.85. The second-order valence-electron chi connectivity index (χ2n) is 5.23. The van der Waals surface area contributed by atoms with Gasteiger partial charge in [0.25, 0.3) is 0 Å². The van der Waals surface area contributed by atoms with Crippen LogP contribution in [-0.2, 0) is 11.3 Å². The predicted molar refractivity (Wildman–Crippen MR) is 92.8 cm³/mol. The van der Waals surface area contributed by atoms with Crippen molar-refractivity contribution in [2.24, 2.45) is 0 Å². The van der Waals surface area contributed by atoms with Crippen LogP contribution in [0.2, 0.25) is 0 Å². The van der Waals surface area contributed by atoms with Crippen molar-refractivity contribution in [3.63, 3.8) is 0 Å². The molecule has 3 aromatic rings. The maximum atomic E-state index is 12.0. The Hall–Kier alpha value is -3.15. The smallest absolute Gasteiger partial charge is 0.376 e. The van der Waals surface area contributed by atoms with Gasteiger partial charge in [-0.15, -0.1) is 0 Å². The summed E-state index contributed by atoms with van der Waals surface area (Å²) < 4.78 is 16.1. The molecule has 0 fully saturated rings. The van der Waals surface area contributed by atoms with E-state index in [4.69, 9.17) is 14.2 Å². The molecule has 128 valence electrons. The normalized spacial score (nSPS) is 10.5. The first-order valence-electron chi connectivity index (χ1n) is 7.91. The van der Waals surface area contributed by atoms with E-state index in [2.05, 4.69) is 9.97 Å². The molecule has 0 amide bonds. The van der Waals surface area contributed by atoms with Gasteiger partial charge in [-0.3, -0.25) is 0 Å². The fraction of sp³-hybridized carbons (Fsp3) is 0.211. The molecule has 2 aromatic carbocycles. The highest BCUT2D eigenvalue weighted by Gasteiger charge is 2.15. The maximum absolute atomic E-state index is 12.0. The van der Waals surface area contributed by atoms with Crippen molar-refractivity contribution in [1.29, 1.82) is 0 Å². The molecule has 0 N–H and O–H groups in total. The minimum Gasteiger partial charge on any atom is -0.497 e. The van der Waals surface area contributed by atoms with Crippen LogP contribution < -0.4 is 9.47 Å². The zero-order valence-electron chi connectivity index (χ0n) is 14.1. The number of benzene rings is 2. The Kier molecular flexibility index (Phi) is 5.09. The number of fused-ring (bicyclic) bond motifs is 1. The number of nitrogens with zero attached hydrogens (tertiary/aromatic N) is 2. The average Bonchev–Trinajstić information content (AvgIpc) is 2.66. The average molecular weight is 338 g/mol. The van der Waals surface area contributed by atoms with E-state index in [9.17, 15) is 4.79 Å². The van der Waals surface area contributed by atoms with Gasteiger partial charge in [-0.1, -0.05) is 24.3 Å². The lowest BCUT2D eigenvalue weighted by atomic mass is 10.2. The Morgan fingerprint density at radius 2 is 1.92 bits per heavy atom. The van der Waals surface area contributed by atoms with Crippen LogP contribution in [0, 0.1) is 0 Å². The highest BCUT2D eigenvalue weighted by Crippen LogP contribution is 2.24. The predicted octanol–water partition coefficient (Wildman–Crippen LogP) is 3.39. The standard InChI is InChI=1S/C19H18N2O4/c1-3-24-19(22)17-20-16-10-5-4-9-15(16)18(21-17)25-12-13-7-6-8-14(11-13)23-2/h4-11H,3,12H2,1-2H3. The van der Waals surface area contributed by atoms with E-state index in [1.54, 1.807) is 20.1 Å². The molecule has 3 rings (SSSR count). The van der Waals surface area contributed by atoms with E-state index < -0.39 is 5.97 Å². The molecule has 0 aliphatic rings. The SMILES string of the molecule is CCOC(=O)c1nc(OCc2cccc(OC)c2)c2ccccc2n1. The molecule has 0 aliphatic carbocycles. The quantitative estimate of drug-likeness (QED) is 0.642. The Balaban J connectivity index is 1.92. The van der Waals surface area contributed by atoms with Crippen LogP contribution in [0.3, 0.4) is 0 Å². The van der Waals surface area contributed by atoms with Gasteiger partial charge in [-0.2, -0.15) is 4.98 Å². The summed E-state index contributed by atoms with van der Waals surface area (Å²) in [6.07, 6.45) is 0. The molecule has 0 saturated carbocycles. The number of para-hydroxylation sites is 1. The molecular formula is C19H18N2O4. The highest BCUT2D eigenvalue weighted by atomic mass is 16.5. The van der Waals surface area contributed by atoms with Crippen molar-refractivity contribution in [2.45, 2.75) is 13.5 Å². The van der Waals surface area contributed by atoms with Gasteiger partial charge in [0.15, 0.2) is 0 Å². The van der Waals surface area contributed by atoms with Crippen molar-refractivity contribution < 1.29 is 19.0 Å². The number of methoxy groups -OCH3 is 1. The second kappa shape index (κ2) is 7.61. The van der Waals surface area contributed by atoms with E-state index in [-0.39, 0.29) is 12.4 Å². The van der Waals surface area contributed by atoms with Crippen LogP contribution in [-0.4, -0.2) is 29.7 Å². The minimum atomic E-state index is -0.570. The molecule has 0 unspecified atom stereocenters. The molecule has 0 atom stereocenters. The number of aromatic nitrogens is 2. The maximum Gasteiger partial charge on any atom is 0.376 e. The topological polar surface area (TPSA) is 70.5 Å². The first-order valence-corrected chi connectivity index (χ1v) is 7.91. The summed E-state index contributed by atoms with van der Waals surface area (Å²) in [5.41, 5.74) is 1.56. The molecule has 0 spiro atoms. The number of ether oxygens (including phenoxy) is 3. The van der Waals surface area contributed by atoms with Crippen LogP contribution in [0.5, 0.6) is 11.6 Å². The lowest BCUT2D eigenvalue weighted by Gasteiger charge is -2.10. The Morgan fingerprint density at radius 1 is 1.08 bits per heavy atom. The first kappa shape index (κ1) is 16.7. The van der Waals surface area contributed by atoms with E-state index in [1.807, 2.05) is 42.5 Å². The van der Waals surface area contributed by atoms with Crippen molar-refractivity contribution >= 4 is 16.9 Å². The molecule has 0 aliphatic heterocycles. The summed E-state index contributed by atoms with van der Waals surface area (Å²) in [6, 6.07) is 14.9. The largest absolute Gasteiger partial charge is 0.497 e. The summed E-state index contributed by atoms with van der Waals surface area (Å²) in [7, 11) is 1.61.